The fourth-order valence-corrected chi connectivity index (χ4v) is 2.25. The lowest BCUT2D eigenvalue weighted by molar-refractivity contribution is -0.468. The smallest absolute Gasteiger partial charge is 0.326 e. The van der Waals surface area contributed by atoms with Crippen LogP contribution in [0.1, 0.15) is 12.5 Å². The van der Waals surface area contributed by atoms with Crippen LogP contribution in [0.4, 0.5) is 0 Å². The Balaban J connectivity index is 2.20. The number of hydrogen-bond acceptors (Lipinski definition) is 5. The molecular formula is C12H14N3O2S+. The summed E-state index contributed by atoms with van der Waals surface area (Å²) in [6.45, 7) is 4.20. The fourth-order valence-electron chi connectivity index (χ4n) is 1.52. The zero-order chi connectivity index (χ0) is 13.0. The number of nitrogens with zero attached hydrogens (tertiary/aromatic N) is 3. The van der Waals surface area contributed by atoms with E-state index >= 15 is 0 Å². The first-order chi connectivity index (χ1) is 8.70. The number of carbonyl (C=O) groups is 1. The summed E-state index contributed by atoms with van der Waals surface area (Å²) in [7, 11) is 0. The van der Waals surface area contributed by atoms with Gasteiger partial charge in [-0.25, -0.2) is 0 Å². The van der Waals surface area contributed by atoms with E-state index in [0.29, 0.717) is 6.61 Å². The molecule has 2 aromatic rings. The third kappa shape index (κ3) is 2.95. The van der Waals surface area contributed by atoms with Crippen molar-refractivity contribution in [3.8, 4) is 0 Å². The summed E-state index contributed by atoms with van der Waals surface area (Å²) < 4.78 is 6.72. The highest BCUT2D eigenvalue weighted by Crippen LogP contribution is 2.10. The molecule has 0 unspecified atom stereocenters. The van der Waals surface area contributed by atoms with Crippen molar-refractivity contribution >= 4 is 29.0 Å². The minimum absolute atomic E-state index is 0.230. The molecule has 5 nitrogen and oxygen atoms in total. The minimum atomic E-state index is -0.230. The van der Waals surface area contributed by atoms with E-state index in [1.807, 2.05) is 29.1 Å². The molecule has 0 saturated carbocycles. The maximum absolute atomic E-state index is 11.3. The van der Waals surface area contributed by atoms with E-state index < -0.39 is 0 Å². The van der Waals surface area contributed by atoms with Gasteiger partial charge in [0, 0.05) is 0 Å². The summed E-state index contributed by atoms with van der Waals surface area (Å²) in [5, 5.41) is 7.98. The van der Waals surface area contributed by atoms with Crippen LogP contribution in [0.5, 0.6) is 0 Å². The predicted octanol–water partition coefficient (Wildman–Crippen LogP) is 1.29. The molecule has 1 aromatic carbocycles. The van der Waals surface area contributed by atoms with Gasteiger partial charge in [0.25, 0.3) is 0 Å². The van der Waals surface area contributed by atoms with E-state index in [2.05, 4.69) is 10.2 Å². The first-order valence-corrected chi connectivity index (χ1v) is 6.57. The molecule has 0 spiro atoms. The number of carbonyl (C=O) groups excluding carboxylic acids is 1. The van der Waals surface area contributed by atoms with Crippen LogP contribution in [-0.4, -0.2) is 28.5 Å². The third-order valence-corrected chi connectivity index (χ3v) is 3.25. The molecule has 0 aliphatic carbocycles. The highest BCUT2D eigenvalue weighted by atomic mass is 32.2. The topological polar surface area (TPSA) is 56.0 Å². The van der Waals surface area contributed by atoms with Crippen LogP contribution in [0.15, 0.2) is 24.5 Å². The molecule has 94 valence electrons. The number of aromatic nitrogens is 3. The summed E-state index contributed by atoms with van der Waals surface area (Å²) >= 11 is 1.34. The summed E-state index contributed by atoms with van der Waals surface area (Å²) in [5.74, 6) is 0.0276. The average molecular weight is 264 g/mol. The molecule has 0 aliphatic rings. The van der Waals surface area contributed by atoms with Gasteiger partial charge in [0.15, 0.2) is 11.0 Å². The number of hydrogen-bond donors (Lipinski definition) is 0. The van der Waals surface area contributed by atoms with Crippen molar-refractivity contribution in [2.24, 2.45) is 0 Å². The van der Waals surface area contributed by atoms with E-state index in [9.17, 15) is 4.79 Å². The highest BCUT2D eigenvalue weighted by Gasteiger charge is 2.12. The van der Waals surface area contributed by atoms with E-state index in [1.165, 1.54) is 11.9 Å². The van der Waals surface area contributed by atoms with Crippen LogP contribution in [0.3, 0.4) is 0 Å². The van der Waals surface area contributed by atoms with E-state index in [0.717, 1.165) is 16.6 Å². The standard InChI is InChI=1S/C12H14N3O2S/c1-3-17-12(16)7-18-15-8-13-14-10-6-9(2)4-5-11(10)15/h4-6,8H,3,7H2,1-2H3/q+1. The average Bonchev–Trinajstić information content (AvgIpc) is 2.36. The lowest BCUT2D eigenvalue weighted by atomic mass is 10.2. The zero-order valence-corrected chi connectivity index (χ0v) is 11.1. The van der Waals surface area contributed by atoms with E-state index in [4.69, 9.17) is 4.74 Å². The van der Waals surface area contributed by atoms with Crippen molar-refractivity contribution in [1.29, 1.82) is 0 Å². The Labute approximate surface area is 109 Å². The van der Waals surface area contributed by atoms with E-state index in [-0.39, 0.29) is 11.7 Å². The molecule has 0 amide bonds. The van der Waals surface area contributed by atoms with Crippen molar-refractivity contribution in [3.63, 3.8) is 0 Å². The largest absolute Gasteiger partial charge is 0.465 e. The van der Waals surface area contributed by atoms with Crippen molar-refractivity contribution < 1.29 is 13.5 Å². The Bertz CT molecular complexity index is 574. The van der Waals surface area contributed by atoms with Crippen LogP contribution in [-0.2, 0) is 9.53 Å². The van der Waals surface area contributed by atoms with Gasteiger partial charge in [-0.3, -0.25) is 4.79 Å². The van der Waals surface area contributed by atoms with Gasteiger partial charge in [-0.05, 0) is 36.6 Å². The quantitative estimate of drug-likeness (QED) is 0.615. The molecule has 0 saturated heterocycles. The highest BCUT2D eigenvalue weighted by molar-refractivity contribution is 7.93. The molecule has 1 aromatic heterocycles. The lowest BCUT2D eigenvalue weighted by Gasteiger charge is -2.01. The molecule has 0 aliphatic heterocycles. The molecule has 0 atom stereocenters. The first-order valence-electron chi connectivity index (χ1n) is 5.63. The molecule has 0 bridgehead atoms. The number of fused-ring (bicyclic) bond motifs is 1. The number of aryl methyl sites for hydroxylation is 1. The normalized spacial score (nSPS) is 10.6. The molecular weight excluding hydrogens is 250 g/mol. The van der Waals surface area contributed by atoms with Gasteiger partial charge in [0.1, 0.15) is 5.75 Å². The summed E-state index contributed by atoms with van der Waals surface area (Å²) in [5.41, 5.74) is 2.88. The molecule has 0 fully saturated rings. The molecule has 0 radical (unpaired) electrons. The van der Waals surface area contributed by atoms with Crippen LogP contribution in [0.2, 0.25) is 0 Å². The van der Waals surface area contributed by atoms with Gasteiger partial charge in [-0.2, -0.15) is 3.97 Å². The molecule has 6 heteroatoms. The summed E-state index contributed by atoms with van der Waals surface area (Å²) in [6, 6.07) is 5.94. The second kappa shape index (κ2) is 5.77. The van der Waals surface area contributed by atoms with E-state index in [1.54, 1.807) is 13.3 Å². The van der Waals surface area contributed by atoms with Crippen LogP contribution in [0.25, 0.3) is 11.0 Å². The predicted molar refractivity (Wildman–Crippen MR) is 69.0 cm³/mol. The van der Waals surface area contributed by atoms with Crippen LogP contribution < -0.4 is 3.97 Å². The molecule has 2 rings (SSSR count). The van der Waals surface area contributed by atoms with Crippen LogP contribution >= 0.6 is 11.9 Å². The number of rotatable bonds is 4. The van der Waals surface area contributed by atoms with Crippen molar-refractivity contribution in [3.05, 3.63) is 30.1 Å². The van der Waals surface area contributed by atoms with Gasteiger partial charge in [-0.15, -0.1) is 0 Å². The Morgan fingerprint density at radius 1 is 1.50 bits per heavy atom. The van der Waals surface area contributed by atoms with Crippen molar-refractivity contribution in [1.82, 2.24) is 10.2 Å². The second-order valence-electron chi connectivity index (χ2n) is 3.73. The molecule has 18 heavy (non-hydrogen) atoms. The Hall–Kier alpha value is -1.69. The molecule has 1 heterocycles. The fraction of sp³-hybridized carbons (Fsp3) is 0.333. The SMILES string of the molecule is CCOC(=O)CS[n+]1cnnc2cc(C)ccc21. The Morgan fingerprint density at radius 2 is 2.33 bits per heavy atom. The second-order valence-corrected chi connectivity index (χ2v) is 4.67. The number of esters is 1. The number of ether oxygens (including phenoxy) is 1. The first kappa shape index (κ1) is 12.8. The van der Waals surface area contributed by atoms with Gasteiger partial charge in [0.05, 0.1) is 23.7 Å². The summed E-state index contributed by atoms with van der Waals surface area (Å²) in [6.07, 6.45) is 1.60. The molecule has 0 N–H and O–H groups in total. The maximum Gasteiger partial charge on any atom is 0.326 e. The Kier molecular flexibility index (Phi) is 4.09. The summed E-state index contributed by atoms with van der Waals surface area (Å²) in [4.78, 5) is 11.3. The third-order valence-electron chi connectivity index (χ3n) is 2.32. The minimum Gasteiger partial charge on any atom is -0.465 e. The maximum atomic E-state index is 11.3. The van der Waals surface area contributed by atoms with Crippen molar-refractivity contribution in [2.45, 2.75) is 13.8 Å². The zero-order valence-electron chi connectivity index (χ0n) is 10.3. The lowest BCUT2D eigenvalue weighted by Crippen LogP contribution is -2.29. The van der Waals surface area contributed by atoms with Gasteiger partial charge in [0.2, 0.25) is 0 Å². The van der Waals surface area contributed by atoms with Gasteiger partial charge < -0.3 is 4.74 Å². The monoisotopic (exact) mass is 264 g/mol. The van der Waals surface area contributed by atoms with Gasteiger partial charge in [-0.1, -0.05) is 6.07 Å². The van der Waals surface area contributed by atoms with Crippen molar-refractivity contribution in [2.75, 3.05) is 12.4 Å². The Morgan fingerprint density at radius 3 is 3.11 bits per heavy atom. The van der Waals surface area contributed by atoms with Crippen LogP contribution in [0, 0.1) is 6.92 Å². The number of benzene rings is 1. The van der Waals surface area contributed by atoms with Gasteiger partial charge >= 0.3 is 12.3 Å².